The molecule has 0 saturated carbocycles. The van der Waals surface area contributed by atoms with E-state index in [-0.39, 0.29) is 16.3 Å². The summed E-state index contributed by atoms with van der Waals surface area (Å²) in [7, 11) is -2.61. The average molecular weight is 468 g/mol. The van der Waals surface area contributed by atoms with Gasteiger partial charge in [-0.05, 0) is 42.0 Å². The predicted octanol–water partition coefficient (Wildman–Crippen LogP) is 2.95. The van der Waals surface area contributed by atoms with E-state index >= 15 is 0 Å². The number of nitrogens with zero attached hydrogens (tertiary/aromatic N) is 3. The van der Waals surface area contributed by atoms with Gasteiger partial charge in [0.05, 0.1) is 28.8 Å². The number of methoxy groups -OCH3 is 1. The van der Waals surface area contributed by atoms with Crippen molar-refractivity contribution in [1.29, 1.82) is 0 Å². The van der Waals surface area contributed by atoms with Gasteiger partial charge in [0.15, 0.2) is 0 Å². The normalized spacial score (nSPS) is 11.2. The molecule has 0 aromatic heterocycles. The summed E-state index contributed by atoms with van der Waals surface area (Å²) < 4.78 is 32.7. The molecule has 170 valence electrons. The van der Waals surface area contributed by atoms with Crippen molar-refractivity contribution in [3.63, 3.8) is 0 Å². The summed E-state index contributed by atoms with van der Waals surface area (Å²) in [5, 5.41) is 14.5. The Hall–Kier alpha value is -4.25. The van der Waals surface area contributed by atoms with Gasteiger partial charge in [0, 0.05) is 18.2 Å². The molecule has 0 aliphatic heterocycles. The Morgan fingerprint density at radius 2 is 1.79 bits per heavy atom. The quantitative estimate of drug-likeness (QED) is 0.292. The summed E-state index contributed by atoms with van der Waals surface area (Å²) >= 11 is 0. The zero-order chi connectivity index (χ0) is 23.8. The van der Waals surface area contributed by atoms with E-state index in [0.717, 1.165) is 4.31 Å². The molecule has 0 saturated heterocycles. The molecule has 1 amide bonds. The Kier molecular flexibility index (Phi) is 7.36. The molecule has 0 aliphatic carbocycles. The number of nitro groups is 1. The van der Waals surface area contributed by atoms with Crippen molar-refractivity contribution < 1.29 is 22.9 Å². The molecule has 3 rings (SSSR count). The summed E-state index contributed by atoms with van der Waals surface area (Å²) in [5.41, 5.74) is 2.97. The highest BCUT2D eigenvalue weighted by atomic mass is 32.2. The first-order valence-electron chi connectivity index (χ1n) is 9.59. The zero-order valence-electron chi connectivity index (χ0n) is 17.5. The fraction of sp³-hybridized carbons (Fsp3) is 0.0909. The number of non-ortho nitro benzene ring substituents is 1. The summed E-state index contributed by atoms with van der Waals surface area (Å²) in [6.45, 7) is -0.540. The van der Waals surface area contributed by atoms with Crippen LogP contribution in [0.1, 0.15) is 5.56 Å². The number of anilines is 1. The molecule has 0 radical (unpaired) electrons. The van der Waals surface area contributed by atoms with E-state index in [9.17, 15) is 23.3 Å². The van der Waals surface area contributed by atoms with Gasteiger partial charge in [0.2, 0.25) is 0 Å². The van der Waals surface area contributed by atoms with Crippen LogP contribution in [0.25, 0.3) is 0 Å². The van der Waals surface area contributed by atoms with Gasteiger partial charge in [-0.1, -0.05) is 24.3 Å². The molecule has 10 nitrogen and oxygen atoms in total. The number of amides is 1. The number of hydrogen-bond donors (Lipinski definition) is 1. The van der Waals surface area contributed by atoms with Crippen molar-refractivity contribution in [3.8, 4) is 5.75 Å². The summed E-state index contributed by atoms with van der Waals surface area (Å²) in [4.78, 5) is 22.8. The van der Waals surface area contributed by atoms with Gasteiger partial charge in [-0.3, -0.25) is 19.2 Å². The lowest BCUT2D eigenvalue weighted by Gasteiger charge is -2.24. The van der Waals surface area contributed by atoms with Crippen molar-refractivity contribution in [2.45, 2.75) is 4.90 Å². The van der Waals surface area contributed by atoms with Crippen molar-refractivity contribution in [3.05, 3.63) is 94.5 Å². The first kappa shape index (κ1) is 23.4. The Morgan fingerprint density at radius 3 is 2.42 bits per heavy atom. The van der Waals surface area contributed by atoms with Crippen LogP contribution in [-0.4, -0.2) is 39.1 Å². The van der Waals surface area contributed by atoms with E-state index in [0.29, 0.717) is 11.3 Å². The number of carbonyl (C=O) groups excluding carboxylic acids is 1. The van der Waals surface area contributed by atoms with Crippen LogP contribution in [-0.2, 0) is 14.8 Å². The molecular weight excluding hydrogens is 448 g/mol. The van der Waals surface area contributed by atoms with Gasteiger partial charge in [0.1, 0.15) is 12.3 Å². The fourth-order valence-electron chi connectivity index (χ4n) is 2.83. The fourth-order valence-corrected chi connectivity index (χ4v) is 4.26. The van der Waals surface area contributed by atoms with E-state index in [4.69, 9.17) is 4.74 Å². The number of ether oxygens (including phenoxy) is 1. The zero-order valence-corrected chi connectivity index (χ0v) is 18.3. The number of carbonyl (C=O) groups is 1. The number of rotatable bonds is 9. The van der Waals surface area contributed by atoms with Crippen molar-refractivity contribution >= 4 is 33.5 Å². The van der Waals surface area contributed by atoms with Crippen LogP contribution in [0.5, 0.6) is 5.75 Å². The molecule has 1 N–H and O–H groups in total. The number of benzene rings is 3. The second-order valence-corrected chi connectivity index (χ2v) is 8.53. The average Bonchev–Trinajstić information content (AvgIpc) is 2.83. The van der Waals surface area contributed by atoms with Gasteiger partial charge < -0.3 is 4.74 Å². The van der Waals surface area contributed by atoms with Crippen LogP contribution >= 0.6 is 0 Å². The van der Waals surface area contributed by atoms with Gasteiger partial charge in [-0.15, -0.1) is 0 Å². The van der Waals surface area contributed by atoms with Crippen LogP contribution in [0, 0.1) is 10.1 Å². The molecule has 11 heteroatoms. The molecule has 33 heavy (non-hydrogen) atoms. The Labute approximate surface area is 190 Å². The maximum absolute atomic E-state index is 13.3. The molecule has 3 aromatic rings. The Bertz CT molecular complexity index is 1260. The first-order chi connectivity index (χ1) is 15.8. The monoisotopic (exact) mass is 468 g/mol. The van der Waals surface area contributed by atoms with E-state index in [1.165, 1.54) is 55.8 Å². The van der Waals surface area contributed by atoms with Crippen molar-refractivity contribution in [2.75, 3.05) is 18.0 Å². The number of hydrazone groups is 1. The predicted molar refractivity (Wildman–Crippen MR) is 123 cm³/mol. The highest BCUT2D eigenvalue weighted by molar-refractivity contribution is 7.92. The maximum Gasteiger partial charge on any atom is 0.269 e. The third-order valence-corrected chi connectivity index (χ3v) is 6.25. The van der Waals surface area contributed by atoms with Gasteiger partial charge in [-0.25, -0.2) is 13.8 Å². The minimum absolute atomic E-state index is 0.0231. The third-order valence-electron chi connectivity index (χ3n) is 4.47. The molecule has 0 spiro atoms. The number of nitrogens with one attached hydrogen (secondary N) is 1. The molecule has 0 unspecified atom stereocenters. The first-order valence-corrected chi connectivity index (χ1v) is 11.0. The molecule has 0 heterocycles. The Balaban J connectivity index is 1.81. The van der Waals surface area contributed by atoms with Gasteiger partial charge in [-0.2, -0.15) is 5.10 Å². The minimum Gasteiger partial charge on any atom is -0.497 e. The maximum atomic E-state index is 13.3. The van der Waals surface area contributed by atoms with Crippen molar-refractivity contribution in [1.82, 2.24) is 5.43 Å². The lowest BCUT2D eigenvalue weighted by molar-refractivity contribution is -0.384. The highest BCUT2D eigenvalue weighted by Gasteiger charge is 2.27. The van der Waals surface area contributed by atoms with Gasteiger partial charge >= 0.3 is 0 Å². The van der Waals surface area contributed by atoms with E-state index in [1.54, 1.807) is 36.4 Å². The second-order valence-electron chi connectivity index (χ2n) is 6.67. The molecule has 3 aromatic carbocycles. The topological polar surface area (TPSA) is 131 Å². The summed E-state index contributed by atoms with van der Waals surface area (Å²) in [6.07, 6.45) is 1.29. The molecular formula is C22H20N4O6S. The molecule has 0 fully saturated rings. The van der Waals surface area contributed by atoms with E-state index in [1.807, 2.05) is 0 Å². The highest BCUT2D eigenvalue weighted by Crippen LogP contribution is 2.26. The number of sulfonamides is 1. The lowest BCUT2D eigenvalue weighted by Crippen LogP contribution is -2.39. The van der Waals surface area contributed by atoms with Crippen LogP contribution in [0.2, 0.25) is 0 Å². The number of hydrogen-bond acceptors (Lipinski definition) is 7. The Morgan fingerprint density at radius 1 is 1.09 bits per heavy atom. The third kappa shape index (κ3) is 5.92. The molecule has 0 atom stereocenters. The van der Waals surface area contributed by atoms with Crippen LogP contribution in [0.4, 0.5) is 11.4 Å². The lowest BCUT2D eigenvalue weighted by atomic mass is 10.2. The largest absolute Gasteiger partial charge is 0.497 e. The number of nitro benzene ring substituents is 1. The standard InChI is InChI=1S/C22H20N4O6S/c1-32-20-7-5-6-19(14-20)25(33(30,31)21-8-3-2-4-9-21)16-22(27)24-23-15-17-10-12-18(13-11-17)26(28)29/h2-15H,16H2,1H3,(H,24,27)/b23-15-. The molecule has 0 bridgehead atoms. The summed E-state index contributed by atoms with van der Waals surface area (Å²) in [6, 6.07) is 19.6. The van der Waals surface area contributed by atoms with Gasteiger partial charge in [0.25, 0.3) is 21.6 Å². The van der Waals surface area contributed by atoms with Crippen LogP contribution < -0.4 is 14.5 Å². The van der Waals surface area contributed by atoms with E-state index in [2.05, 4.69) is 10.5 Å². The van der Waals surface area contributed by atoms with Crippen LogP contribution in [0.3, 0.4) is 0 Å². The molecule has 0 aliphatic rings. The van der Waals surface area contributed by atoms with Crippen molar-refractivity contribution in [2.24, 2.45) is 5.10 Å². The smallest absolute Gasteiger partial charge is 0.269 e. The van der Waals surface area contributed by atoms with Crippen LogP contribution in [0.15, 0.2) is 88.9 Å². The van der Waals surface area contributed by atoms with E-state index < -0.39 is 27.4 Å². The SMILES string of the molecule is COc1cccc(N(CC(=O)N/N=C\c2ccc([N+](=O)[O-])cc2)S(=O)(=O)c2ccccc2)c1. The second kappa shape index (κ2) is 10.4. The summed E-state index contributed by atoms with van der Waals surface area (Å²) in [5.74, 6) is -0.257. The minimum atomic E-state index is -4.06.